The van der Waals surface area contributed by atoms with Gasteiger partial charge in [0, 0.05) is 36.2 Å². The molecule has 5 nitrogen and oxygen atoms in total. The highest BCUT2D eigenvalue weighted by Crippen LogP contribution is 2.39. The molecule has 7 heteroatoms. The van der Waals surface area contributed by atoms with Crippen molar-refractivity contribution in [1.29, 1.82) is 0 Å². The van der Waals surface area contributed by atoms with E-state index in [0.29, 0.717) is 27.5 Å². The lowest BCUT2D eigenvalue weighted by molar-refractivity contribution is 0.0356. The summed E-state index contributed by atoms with van der Waals surface area (Å²) in [4.78, 5) is 20.2. The number of thioether (sulfide) groups is 1. The summed E-state index contributed by atoms with van der Waals surface area (Å²) < 4.78 is 12.3. The Labute approximate surface area is 232 Å². The molecule has 2 fully saturated rings. The second-order valence-electron chi connectivity index (χ2n) is 10.6. The normalized spacial score (nSPS) is 20.8. The van der Waals surface area contributed by atoms with E-state index in [4.69, 9.17) is 20.8 Å². The summed E-state index contributed by atoms with van der Waals surface area (Å²) >= 11 is 7.72. The third-order valence-corrected chi connectivity index (χ3v) is 8.87. The van der Waals surface area contributed by atoms with Crippen molar-refractivity contribution in [2.24, 2.45) is 0 Å². The van der Waals surface area contributed by atoms with Crippen molar-refractivity contribution in [3.8, 4) is 5.75 Å². The highest BCUT2D eigenvalue weighted by Gasteiger charge is 2.44. The van der Waals surface area contributed by atoms with E-state index < -0.39 is 0 Å². The Hall–Kier alpha value is -2.96. The molecular formula is C31H31ClN2O3S. The average Bonchev–Trinajstić information content (AvgIpc) is 3.46. The van der Waals surface area contributed by atoms with E-state index in [-0.39, 0.29) is 24.1 Å². The van der Waals surface area contributed by atoms with Gasteiger partial charge in [0.15, 0.2) is 5.58 Å². The summed E-state index contributed by atoms with van der Waals surface area (Å²) in [5.74, 6) is 2.23. The molecule has 2 saturated heterocycles. The number of para-hydroxylation sites is 2. The number of hydrogen-bond donors (Lipinski definition) is 0. The van der Waals surface area contributed by atoms with E-state index in [1.54, 1.807) is 6.07 Å². The molecule has 0 aliphatic carbocycles. The second-order valence-corrected chi connectivity index (χ2v) is 11.9. The van der Waals surface area contributed by atoms with Crippen LogP contribution in [0.4, 0.5) is 0 Å². The first kappa shape index (κ1) is 25.3. The minimum Gasteiger partial charge on any atom is -0.490 e. The molecule has 2 aliphatic rings. The molecule has 0 saturated carbocycles. The highest BCUT2D eigenvalue weighted by atomic mass is 35.5. The lowest BCUT2D eigenvalue weighted by Gasteiger charge is -2.39. The molecule has 2 bridgehead atoms. The first-order chi connectivity index (χ1) is 18.5. The fourth-order valence-corrected chi connectivity index (χ4v) is 6.79. The second kappa shape index (κ2) is 10.7. The Morgan fingerprint density at radius 1 is 1.05 bits per heavy atom. The zero-order valence-electron chi connectivity index (χ0n) is 21.6. The first-order valence-electron chi connectivity index (χ1n) is 13.3. The number of piperidine rings is 1. The Morgan fingerprint density at radius 3 is 2.50 bits per heavy atom. The Balaban J connectivity index is 1.08. The maximum Gasteiger partial charge on any atom is 0.257 e. The third kappa shape index (κ3) is 5.04. The average molecular weight is 547 g/mol. The van der Waals surface area contributed by atoms with Gasteiger partial charge in [-0.3, -0.25) is 4.79 Å². The van der Waals surface area contributed by atoms with Crippen LogP contribution in [0, 0.1) is 0 Å². The Morgan fingerprint density at radius 2 is 1.79 bits per heavy atom. The molecule has 196 valence electrons. The largest absolute Gasteiger partial charge is 0.490 e. The van der Waals surface area contributed by atoms with Crippen LogP contribution in [0.3, 0.4) is 0 Å². The zero-order chi connectivity index (χ0) is 26.2. The molecule has 2 atom stereocenters. The standard InChI is InChI=1S/C31H31ClN2O3S/c1-19(2)25-6-3-4-9-28(25)36-24-16-22-14-15-23(17-24)34(22)30(35)21-12-10-20(11-13-21)18-38-31-33-27-8-5-7-26(32)29(27)37-31/h3-13,19,22-24H,14-18H2,1-2H3. The first-order valence-corrected chi connectivity index (χ1v) is 14.7. The van der Waals surface area contributed by atoms with Gasteiger partial charge in [-0.2, -0.15) is 0 Å². The predicted molar refractivity (Wildman–Crippen MR) is 152 cm³/mol. The van der Waals surface area contributed by atoms with E-state index in [2.05, 4.69) is 41.9 Å². The van der Waals surface area contributed by atoms with Crippen LogP contribution in [0.5, 0.6) is 5.75 Å². The summed E-state index contributed by atoms with van der Waals surface area (Å²) in [5, 5.41) is 1.15. The molecule has 2 aliphatic heterocycles. The number of amides is 1. The van der Waals surface area contributed by atoms with Gasteiger partial charge in [0.1, 0.15) is 17.4 Å². The molecule has 6 rings (SSSR count). The van der Waals surface area contributed by atoms with Crippen LogP contribution < -0.4 is 4.74 Å². The summed E-state index contributed by atoms with van der Waals surface area (Å²) in [6.07, 6.45) is 4.02. The lowest BCUT2D eigenvalue weighted by atomic mass is 9.97. The number of carbonyl (C=O) groups excluding carboxylic acids is 1. The molecular weight excluding hydrogens is 516 g/mol. The van der Waals surface area contributed by atoms with Crippen LogP contribution in [0.1, 0.15) is 66.9 Å². The molecule has 3 aromatic carbocycles. The SMILES string of the molecule is CC(C)c1ccccc1OC1CC2CCC(C1)N2C(=O)c1ccc(CSc2nc3cccc(Cl)c3o2)cc1. The van der Waals surface area contributed by atoms with Crippen LogP contribution in [-0.2, 0) is 5.75 Å². The van der Waals surface area contributed by atoms with E-state index >= 15 is 0 Å². The quantitative estimate of drug-likeness (QED) is 0.219. The van der Waals surface area contributed by atoms with Gasteiger partial charge in [-0.05, 0) is 60.2 Å². The Kier molecular flexibility index (Phi) is 7.10. The molecule has 1 aromatic heterocycles. The van der Waals surface area contributed by atoms with Gasteiger partial charge in [-0.15, -0.1) is 0 Å². The molecule has 38 heavy (non-hydrogen) atoms. The van der Waals surface area contributed by atoms with Gasteiger partial charge in [0.05, 0.1) is 5.02 Å². The van der Waals surface area contributed by atoms with E-state index in [1.165, 1.54) is 17.3 Å². The summed E-state index contributed by atoms with van der Waals surface area (Å²) in [6.45, 7) is 4.39. The fraction of sp³-hybridized carbons (Fsp3) is 0.355. The molecule has 1 amide bonds. The fourth-order valence-electron chi connectivity index (χ4n) is 5.79. The summed E-state index contributed by atoms with van der Waals surface area (Å²) in [6, 6.07) is 22.3. The van der Waals surface area contributed by atoms with Crippen LogP contribution in [0.25, 0.3) is 11.1 Å². The topological polar surface area (TPSA) is 55.6 Å². The van der Waals surface area contributed by atoms with Crippen LogP contribution in [-0.4, -0.2) is 34.0 Å². The predicted octanol–water partition coefficient (Wildman–Crippen LogP) is 8.11. The van der Waals surface area contributed by atoms with Crippen molar-refractivity contribution < 1.29 is 13.9 Å². The Bertz CT molecular complexity index is 1440. The van der Waals surface area contributed by atoms with Gasteiger partial charge < -0.3 is 14.1 Å². The minimum atomic E-state index is 0.131. The monoisotopic (exact) mass is 546 g/mol. The highest BCUT2D eigenvalue weighted by molar-refractivity contribution is 7.98. The molecule has 0 spiro atoms. The molecule has 3 heterocycles. The lowest BCUT2D eigenvalue weighted by Crippen LogP contribution is -2.49. The van der Waals surface area contributed by atoms with E-state index in [1.807, 2.05) is 42.5 Å². The number of ether oxygens (including phenoxy) is 1. The maximum atomic E-state index is 13.5. The van der Waals surface area contributed by atoms with Crippen molar-refractivity contribution in [2.75, 3.05) is 0 Å². The minimum absolute atomic E-state index is 0.131. The van der Waals surface area contributed by atoms with Crippen LogP contribution in [0.2, 0.25) is 5.02 Å². The molecule has 4 aromatic rings. The maximum absolute atomic E-state index is 13.5. The van der Waals surface area contributed by atoms with Crippen molar-refractivity contribution >= 4 is 40.4 Å². The van der Waals surface area contributed by atoms with Gasteiger partial charge >= 0.3 is 0 Å². The smallest absolute Gasteiger partial charge is 0.257 e. The summed E-state index contributed by atoms with van der Waals surface area (Å²) in [5.41, 5.74) is 4.48. The molecule has 0 N–H and O–H groups in total. The van der Waals surface area contributed by atoms with E-state index in [0.717, 1.165) is 48.1 Å². The van der Waals surface area contributed by atoms with Crippen LogP contribution >= 0.6 is 23.4 Å². The number of benzene rings is 3. The number of rotatable bonds is 7. The number of aromatic nitrogens is 1. The zero-order valence-corrected chi connectivity index (χ0v) is 23.2. The third-order valence-electron chi connectivity index (χ3n) is 7.67. The number of nitrogens with zero attached hydrogens (tertiary/aromatic N) is 2. The van der Waals surface area contributed by atoms with Crippen molar-refractivity contribution in [2.45, 2.75) is 74.6 Å². The van der Waals surface area contributed by atoms with Gasteiger partial charge in [0.2, 0.25) is 0 Å². The number of hydrogen-bond acceptors (Lipinski definition) is 5. The van der Waals surface area contributed by atoms with Crippen molar-refractivity contribution in [1.82, 2.24) is 9.88 Å². The number of carbonyl (C=O) groups is 1. The van der Waals surface area contributed by atoms with Gasteiger partial charge in [-0.1, -0.05) is 73.6 Å². The van der Waals surface area contributed by atoms with Gasteiger partial charge in [-0.25, -0.2) is 4.98 Å². The van der Waals surface area contributed by atoms with Gasteiger partial charge in [0.25, 0.3) is 11.1 Å². The van der Waals surface area contributed by atoms with E-state index in [9.17, 15) is 4.79 Å². The van der Waals surface area contributed by atoms with Crippen molar-refractivity contribution in [3.63, 3.8) is 0 Å². The molecule has 2 unspecified atom stereocenters. The number of halogens is 1. The molecule has 0 radical (unpaired) electrons. The number of oxazole rings is 1. The van der Waals surface area contributed by atoms with Crippen LogP contribution in [0.15, 0.2) is 76.4 Å². The number of fused-ring (bicyclic) bond motifs is 3. The van der Waals surface area contributed by atoms with Crippen molar-refractivity contribution in [3.05, 3.63) is 88.4 Å². The summed E-state index contributed by atoms with van der Waals surface area (Å²) in [7, 11) is 0.